The first kappa shape index (κ1) is 17.0. The molecule has 0 spiro atoms. The third-order valence-electron chi connectivity index (χ3n) is 3.71. The van der Waals surface area contributed by atoms with E-state index in [0.29, 0.717) is 21.8 Å². The van der Waals surface area contributed by atoms with Crippen molar-refractivity contribution in [1.82, 2.24) is 0 Å². The van der Waals surface area contributed by atoms with Gasteiger partial charge in [-0.3, -0.25) is 14.6 Å². The Hall–Kier alpha value is -1.83. The Morgan fingerprint density at radius 2 is 1.79 bits per heavy atom. The molecule has 4 N–H and O–H groups in total. The fourth-order valence-corrected chi connectivity index (χ4v) is 4.40. The third kappa shape index (κ3) is 3.07. The van der Waals surface area contributed by atoms with Crippen LogP contribution in [0.3, 0.4) is 0 Å². The molecule has 1 atom stereocenters. The van der Waals surface area contributed by atoms with E-state index in [-0.39, 0.29) is 6.42 Å². The molecule has 0 fully saturated rings. The number of benzene rings is 2. The molecule has 1 heterocycles. The molecular formula is C15H14NO6PS. The van der Waals surface area contributed by atoms with Crippen LogP contribution >= 0.6 is 19.4 Å². The van der Waals surface area contributed by atoms with Gasteiger partial charge in [0.1, 0.15) is 0 Å². The number of hydrogen-bond acceptors (Lipinski definition) is 5. The van der Waals surface area contributed by atoms with Crippen molar-refractivity contribution in [3.8, 4) is 0 Å². The van der Waals surface area contributed by atoms with Crippen LogP contribution in [0, 0.1) is 0 Å². The van der Waals surface area contributed by atoms with Crippen LogP contribution in [0.25, 0.3) is 0 Å². The van der Waals surface area contributed by atoms with Gasteiger partial charge in [-0.2, -0.15) is 0 Å². The highest BCUT2D eigenvalue weighted by atomic mass is 32.2. The van der Waals surface area contributed by atoms with Crippen LogP contribution in [-0.2, 0) is 15.8 Å². The zero-order valence-corrected chi connectivity index (χ0v) is 13.9. The average Bonchev–Trinajstić information content (AvgIpc) is 2.51. The Morgan fingerprint density at radius 1 is 1.12 bits per heavy atom. The van der Waals surface area contributed by atoms with Crippen LogP contribution in [0.15, 0.2) is 52.3 Å². The van der Waals surface area contributed by atoms with E-state index >= 15 is 0 Å². The second kappa shape index (κ2) is 6.23. The number of carbonyl (C=O) groups is 1. The molecule has 0 aliphatic carbocycles. The van der Waals surface area contributed by atoms with Gasteiger partial charge in [0, 0.05) is 9.79 Å². The van der Waals surface area contributed by atoms with Crippen molar-refractivity contribution >= 4 is 36.7 Å². The van der Waals surface area contributed by atoms with Gasteiger partial charge < -0.3 is 14.9 Å². The summed E-state index contributed by atoms with van der Waals surface area (Å²) < 4.78 is 11.5. The van der Waals surface area contributed by atoms with Gasteiger partial charge in [-0.1, -0.05) is 36.0 Å². The highest BCUT2D eigenvalue weighted by Gasteiger charge is 2.37. The second-order valence-electron chi connectivity index (χ2n) is 5.29. The topological polar surface area (TPSA) is 118 Å². The Bertz CT molecular complexity index is 852. The van der Waals surface area contributed by atoms with E-state index in [2.05, 4.69) is 0 Å². The van der Waals surface area contributed by atoms with Crippen molar-refractivity contribution in [2.45, 2.75) is 21.9 Å². The molecule has 0 radical (unpaired) electrons. The van der Waals surface area contributed by atoms with Gasteiger partial charge >= 0.3 is 13.6 Å². The molecule has 2 aromatic carbocycles. The second-order valence-corrected chi connectivity index (χ2v) is 8.18. The predicted molar refractivity (Wildman–Crippen MR) is 88.1 cm³/mol. The molecule has 0 aromatic heterocycles. The van der Waals surface area contributed by atoms with Crippen molar-refractivity contribution in [3.63, 3.8) is 0 Å². The largest absolute Gasteiger partial charge is 0.481 e. The van der Waals surface area contributed by atoms with E-state index in [1.54, 1.807) is 30.3 Å². The van der Waals surface area contributed by atoms with E-state index in [1.165, 1.54) is 11.8 Å². The number of fused-ring (bicyclic) bond motifs is 2. The van der Waals surface area contributed by atoms with E-state index in [1.807, 2.05) is 12.1 Å². The number of anilines is 2. The first-order valence-corrected chi connectivity index (χ1v) is 9.44. The quantitative estimate of drug-likeness (QED) is 0.609. The average molecular weight is 367 g/mol. The number of para-hydroxylation sites is 2. The number of aliphatic carboxylic acids is 1. The van der Waals surface area contributed by atoms with Gasteiger partial charge in [0.05, 0.1) is 11.4 Å². The minimum absolute atomic E-state index is 0.348. The van der Waals surface area contributed by atoms with E-state index in [0.717, 1.165) is 9.96 Å². The molecule has 0 saturated carbocycles. The summed E-state index contributed by atoms with van der Waals surface area (Å²) in [5.41, 5.74) is -0.626. The molecule has 0 saturated heterocycles. The molecule has 2 aromatic rings. The Labute approximate surface area is 141 Å². The van der Waals surface area contributed by atoms with E-state index < -0.39 is 19.2 Å². The molecule has 3 rings (SSSR count). The van der Waals surface area contributed by atoms with Crippen LogP contribution in [0.5, 0.6) is 0 Å². The number of carboxylic acids is 1. The molecule has 126 valence electrons. The maximum absolute atomic E-state index is 11.5. The summed E-state index contributed by atoms with van der Waals surface area (Å²) in [6.45, 7) is 0. The van der Waals surface area contributed by atoms with Gasteiger partial charge in [-0.05, 0) is 30.2 Å². The standard InChI is InChI=1S/C15H14NO6PS/c17-15(18)11(23(20,21)22)8-9-4-3-7-13-14(9)16(19)10-5-1-2-6-12(10)24-13/h1-7,11,19H,8H2,(H,17,18)(H2,20,21,22). The molecule has 0 bridgehead atoms. The maximum atomic E-state index is 11.5. The lowest BCUT2D eigenvalue weighted by Crippen LogP contribution is -2.25. The number of carboxylic acid groups (broad SMARTS) is 1. The van der Waals surface area contributed by atoms with Crippen molar-refractivity contribution in [1.29, 1.82) is 0 Å². The molecule has 1 unspecified atom stereocenters. The highest BCUT2D eigenvalue weighted by molar-refractivity contribution is 7.99. The zero-order chi connectivity index (χ0) is 17.5. The summed E-state index contributed by atoms with van der Waals surface area (Å²) in [7, 11) is -4.83. The zero-order valence-electron chi connectivity index (χ0n) is 12.2. The van der Waals surface area contributed by atoms with Crippen molar-refractivity contribution in [2.75, 3.05) is 5.06 Å². The molecule has 9 heteroatoms. The molecule has 24 heavy (non-hydrogen) atoms. The fraction of sp³-hybridized carbons (Fsp3) is 0.133. The summed E-state index contributed by atoms with van der Waals surface area (Å²) in [4.78, 5) is 31.3. The van der Waals surface area contributed by atoms with Gasteiger partial charge in [-0.15, -0.1) is 0 Å². The van der Waals surface area contributed by atoms with Crippen LogP contribution in [0.1, 0.15) is 5.56 Å². The SMILES string of the molecule is O=C(O)C(Cc1cccc2c1N(O)c1ccccc1S2)P(=O)(O)O. The van der Waals surface area contributed by atoms with Crippen LogP contribution < -0.4 is 5.06 Å². The lowest BCUT2D eigenvalue weighted by molar-refractivity contribution is -0.136. The minimum Gasteiger partial charge on any atom is -0.481 e. The van der Waals surface area contributed by atoms with Gasteiger partial charge in [0.2, 0.25) is 0 Å². The number of rotatable bonds is 4. The van der Waals surface area contributed by atoms with Crippen molar-refractivity contribution in [3.05, 3.63) is 48.0 Å². The Balaban J connectivity index is 2.05. The molecule has 7 nitrogen and oxygen atoms in total. The van der Waals surface area contributed by atoms with Crippen molar-refractivity contribution in [2.24, 2.45) is 0 Å². The summed E-state index contributed by atoms with van der Waals surface area (Å²) in [6, 6.07) is 12.1. The van der Waals surface area contributed by atoms with Gasteiger partial charge in [-0.25, -0.2) is 5.06 Å². The van der Waals surface area contributed by atoms with Crippen LogP contribution in [0.4, 0.5) is 11.4 Å². The fourth-order valence-electron chi connectivity index (χ4n) is 2.57. The lowest BCUT2D eigenvalue weighted by atomic mass is 10.1. The maximum Gasteiger partial charge on any atom is 0.340 e. The lowest BCUT2D eigenvalue weighted by Gasteiger charge is -2.30. The summed E-state index contributed by atoms with van der Waals surface area (Å²) in [5.74, 6) is -1.57. The van der Waals surface area contributed by atoms with Crippen LogP contribution in [0.2, 0.25) is 0 Å². The predicted octanol–water partition coefficient (Wildman–Crippen LogP) is 2.85. The Kier molecular flexibility index (Phi) is 4.42. The van der Waals surface area contributed by atoms with E-state index in [9.17, 15) is 24.4 Å². The molecular weight excluding hydrogens is 353 g/mol. The Morgan fingerprint density at radius 3 is 2.46 bits per heavy atom. The number of hydrogen-bond donors (Lipinski definition) is 4. The summed E-state index contributed by atoms with van der Waals surface area (Å²) in [6.07, 6.45) is -0.386. The van der Waals surface area contributed by atoms with E-state index in [4.69, 9.17) is 5.11 Å². The summed E-state index contributed by atoms with van der Waals surface area (Å²) >= 11 is 1.40. The third-order valence-corrected chi connectivity index (χ3v) is 6.04. The summed E-state index contributed by atoms with van der Waals surface area (Å²) in [5, 5.41) is 20.6. The smallest absolute Gasteiger partial charge is 0.340 e. The van der Waals surface area contributed by atoms with Crippen molar-refractivity contribution < 1.29 is 29.5 Å². The first-order valence-electron chi connectivity index (χ1n) is 6.95. The molecule has 1 aliphatic rings. The van der Waals surface area contributed by atoms with Gasteiger partial charge in [0.15, 0.2) is 5.66 Å². The monoisotopic (exact) mass is 367 g/mol. The van der Waals surface area contributed by atoms with Gasteiger partial charge in [0.25, 0.3) is 0 Å². The minimum atomic E-state index is -4.83. The highest BCUT2D eigenvalue weighted by Crippen LogP contribution is 2.50. The van der Waals surface area contributed by atoms with Crippen LogP contribution in [-0.4, -0.2) is 31.7 Å². The normalized spacial score (nSPS) is 14.7. The first-order chi connectivity index (χ1) is 11.3. The number of nitrogens with zero attached hydrogens (tertiary/aromatic N) is 1. The molecule has 1 aliphatic heterocycles. The molecule has 0 amide bonds.